The molecule has 0 fully saturated rings. The summed E-state index contributed by atoms with van der Waals surface area (Å²) in [6, 6.07) is 5.22. The molecule has 0 aliphatic carbocycles. The van der Waals surface area contributed by atoms with Crippen molar-refractivity contribution in [1.29, 1.82) is 0 Å². The molecule has 6 nitrogen and oxygen atoms in total. The summed E-state index contributed by atoms with van der Waals surface area (Å²) in [5.74, 6) is -1.12. The molecule has 1 aromatic heterocycles. The average Bonchev–Trinajstić information content (AvgIpc) is 2.63. The standard InChI is InChI=1S/C13H13FN2O4S/c1-7-11(12(8(2)20-7)21(15,18)19)13(17)16-10-5-3-4-9(14)6-10/h3-6H,1-2H3,(H,16,17)(H2,15,18,19). The van der Waals surface area contributed by atoms with Crippen molar-refractivity contribution in [3.63, 3.8) is 0 Å². The molecule has 3 N–H and O–H groups in total. The maximum absolute atomic E-state index is 13.1. The first-order chi connectivity index (χ1) is 9.70. The number of nitrogens with one attached hydrogen (secondary N) is 1. The third kappa shape index (κ3) is 3.11. The van der Waals surface area contributed by atoms with Gasteiger partial charge in [-0.1, -0.05) is 6.07 Å². The van der Waals surface area contributed by atoms with Crippen LogP contribution in [0.5, 0.6) is 0 Å². The SMILES string of the molecule is Cc1oc(C)c(S(N)(=O)=O)c1C(=O)Nc1cccc(F)c1. The van der Waals surface area contributed by atoms with Crippen molar-refractivity contribution in [2.75, 3.05) is 5.32 Å². The van der Waals surface area contributed by atoms with Gasteiger partial charge in [-0.15, -0.1) is 0 Å². The van der Waals surface area contributed by atoms with Crippen LogP contribution in [0.3, 0.4) is 0 Å². The van der Waals surface area contributed by atoms with Gasteiger partial charge in [0.15, 0.2) is 0 Å². The van der Waals surface area contributed by atoms with Crippen LogP contribution >= 0.6 is 0 Å². The summed E-state index contributed by atoms with van der Waals surface area (Å²) in [5.41, 5.74) is 0.0119. The molecular weight excluding hydrogens is 299 g/mol. The molecule has 2 aromatic rings. The van der Waals surface area contributed by atoms with Gasteiger partial charge >= 0.3 is 0 Å². The van der Waals surface area contributed by atoms with Crippen molar-refractivity contribution in [1.82, 2.24) is 0 Å². The summed E-state index contributed by atoms with van der Waals surface area (Å²) in [4.78, 5) is 11.8. The van der Waals surface area contributed by atoms with E-state index in [1.165, 1.54) is 32.0 Å². The molecule has 112 valence electrons. The highest BCUT2D eigenvalue weighted by molar-refractivity contribution is 7.89. The van der Waals surface area contributed by atoms with Gasteiger partial charge in [0.1, 0.15) is 27.8 Å². The molecule has 2 rings (SSSR count). The summed E-state index contributed by atoms with van der Waals surface area (Å²) in [6.45, 7) is 2.84. The lowest BCUT2D eigenvalue weighted by Crippen LogP contribution is -2.20. The van der Waals surface area contributed by atoms with Crippen LogP contribution in [0.2, 0.25) is 0 Å². The van der Waals surface area contributed by atoms with E-state index < -0.39 is 21.7 Å². The zero-order valence-corrected chi connectivity index (χ0v) is 12.1. The zero-order valence-electron chi connectivity index (χ0n) is 11.3. The third-order valence-electron chi connectivity index (χ3n) is 2.80. The van der Waals surface area contributed by atoms with E-state index in [0.29, 0.717) is 0 Å². The fourth-order valence-corrected chi connectivity index (χ4v) is 2.99. The number of primary sulfonamides is 1. The van der Waals surface area contributed by atoms with Crippen molar-refractivity contribution in [2.45, 2.75) is 18.7 Å². The summed E-state index contributed by atoms with van der Waals surface area (Å²) in [6.07, 6.45) is 0. The number of rotatable bonds is 3. The average molecular weight is 312 g/mol. The summed E-state index contributed by atoms with van der Waals surface area (Å²) < 4.78 is 41.4. The van der Waals surface area contributed by atoms with Crippen molar-refractivity contribution >= 4 is 21.6 Å². The van der Waals surface area contributed by atoms with Gasteiger partial charge in [-0.3, -0.25) is 4.79 Å². The minimum absolute atomic E-state index is 0.0272. The van der Waals surface area contributed by atoms with Gasteiger partial charge < -0.3 is 9.73 Å². The number of benzene rings is 1. The summed E-state index contributed by atoms with van der Waals surface area (Å²) in [7, 11) is -4.12. The number of hydrogen-bond donors (Lipinski definition) is 2. The fraction of sp³-hybridized carbons (Fsp3) is 0.154. The van der Waals surface area contributed by atoms with Crippen molar-refractivity contribution in [3.05, 3.63) is 47.2 Å². The Hall–Kier alpha value is -2.19. The first-order valence-electron chi connectivity index (χ1n) is 5.90. The minimum atomic E-state index is -4.12. The number of sulfonamides is 1. The van der Waals surface area contributed by atoms with Gasteiger partial charge in [0, 0.05) is 5.69 Å². The highest BCUT2D eigenvalue weighted by Crippen LogP contribution is 2.26. The van der Waals surface area contributed by atoms with Gasteiger partial charge in [0.05, 0.1) is 0 Å². The van der Waals surface area contributed by atoms with E-state index in [0.717, 1.165) is 6.07 Å². The number of furan rings is 1. The van der Waals surface area contributed by atoms with Gasteiger partial charge in [0.25, 0.3) is 5.91 Å². The van der Waals surface area contributed by atoms with E-state index in [1.54, 1.807) is 0 Å². The number of anilines is 1. The second-order valence-corrected chi connectivity index (χ2v) is 5.93. The topological polar surface area (TPSA) is 102 Å². The van der Waals surface area contributed by atoms with Crippen LogP contribution in [0.15, 0.2) is 33.6 Å². The molecule has 8 heteroatoms. The Labute approximate surface area is 120 Å². The maximum Gasteiger partial charge on any atom is 0.260 e. The number of carbonyl (C=O) groups excluding carboxylic acids is 1. The number of aryl methyl sites for hydroxylation is 2. The highest BCUT2D eigenvalue weighted by Gasteiger charge is 2.28. The Morgan fingerprint density at radius 2 is 1.95 bits per heavy atom. The third-order valence-corrected chi connectivity index (χ3v) is 3.86. The molecule has 0 aliphatic heterocycles. The van der Waals surface area contributed by atoms with Crippen molar-refractivity contribution < 1.29 is 22.0 Å². The molecule has 1 amide bonds. The first kappa shape index (κ1) is 15.2. The summed E-state index contributed by atoms with van der Waals surface area (Å²) in [5, 5.41) is 7.51. The number of nitrogens with two attached hydrogens (primary N) is 1. The molecule has 0 bridgehead atoms. The molecule has 21 heavy (non-hydrogen) atoms. The Morgan fingerprint density at radius 1 is 1.29 bits per heavy atom. The molecule has 0 saturated heterocycles. The number of carbonyl (C=O) groups is 1. The molecule has 1 aromatic carbocycles. The first-order valence-corrected chi connectivity index (χ1v) is 7.44. The van der Waals surface area contributed by atoms with Gasteiger partial charge in [-0.25, -0.2) is 17.9 Å². The predicted molar refractivity (Wildman–Crippen MR) is 73.9 cm³/mol. The monoisotopic (exact) mass is 312 g/mol. The lowest BCUT2D eigenvalue weighted by molar-refractivity contribution is 0.102. The van der Waals surface area contributed by atoms with Crippen LogP contribution in [-0.4, -0.2) is 14.3 Å². The highest BCUT2D eigenvalue weighted by atomic mass is 32.2. The number of hydrogen-bond acceptors (Lipinski definition) is 4. The Balaban J connectivity index is 2.45. The van der Waals surface area contributed by atoms with Crippen LogP contribution < -0.4 is 10.5 Å². The normalized spacial score (nSPS) is 11.4. The molecule has 0 aliphatic rings. The smallest absolute Gasteiger partial charge is 0.260 e. The maximum atomic E-state index is 13.1. The van der Waals surface area contributed by atoms with Crippen LogP contribution in [0.1, 0.15) is 21.9 Å². The lowest BCUT2D eigenvalue weighted by atomic mass is 10.2. The Morgan fingerprint density at radius 3 is 2.52 bits per heavy atom. The quantitative estimate of drug-likeness (QED) is 0.904. The predicted octanol–water partition coefficient (Wildman–Crippen LogP) is 1.94. The summed E-state index contributed by atoms with van der Waals surface area (Å²) >= 11 is 0. The van der Waals surface area contributed by atoms with Crippen LogP contribution in [0, 0.1) is 19.7 Å². The molecule has 0 spiro atoms. The Kier molecular flexibility index (Phi) is 3.84. The van der Waals surface area contributed by atoms with E-state index in [-0.39, 0.29) is 27.7 Å². The molecule has 1 heterocycles. The van der Waals surface area contributed by atoms with E-state index in [2.05, 4.69) is 5.32 Å². The van der Waals surface area contributed by atoms with E-state index in [4.69, 9.17) is 9.56 Å². The molecule has 0 saturated carbocycles. The second kappa shape index (κ2) is 5.30. The van der Waals surface area contributed by atoms with Crippen LogP contribution in [0.25, 0.3) is 0 Å². The number of amides is 1. The lowest BCUT2D eigenvalue weighted by Gasteiger charge is -2.06. The second-order valence-electron chi connectivity index (χ2n) is 4.43. The van der Waals surface area contributed by atoms with E-state index in [1.807, 2.05) is 0 Å². The minimum Gasteiger partial charge on any atom is -0.464 e. The largest absolute Gasteiger partial charge is 0.464 e. The fourth-order valence-electron chi connectivity index (χ4n) is 2.03. The van der Waals surface area contributed by atoms with Crippen molar-refractivity contribution in [2.24, 2.45) is 5.14 Å². The molecule has 0 radical (unpaired) electrons. The van der Waals surface area contributed by atoms with E-state index >= 15 is 0 Å². The molecule has 0 atom stereocenters. The van der Waals surface area contributed by atoms with Crippen LogP contribution in [0.4, 0.5) is 10.1 Å². The van der Waals surface area contributed by atoms with E-state index in [9.17, 15) is 17.6 Å². The molecular formula is C13H13FN2O4S. The van der Waals surface area contributed by atoms with Crippen LogP contribution in [-0.2, 0) is 10.0 Å². The molecule has 0 unspecified atom stereocenters. The zero-order chi connectivity index (χ0) is 15.8. The van der Waals surface area contributed by atoms with Gasteiger partial charge in [0.2, 0.25) is 10.0 Å². The van der Waals surface area contributed by atoms with Gasteiger partial charge in [-0.05, 0) is 32.0 Å². The van der Waals surface area contributed by atoms with Crippen molar-refractivity contribution in [3.8, 4) is 0 Å². The number of halogens is 1. The Bertz CT molecular complexity index is 812. The van der Waals surface area contributed by atoms with Gasteiger partial charge in [-0.2, -0.15) is 0 Å².